The summed E-state index contributed by atoms with van der Waals surface area (Å²) in [6.07, 6.45) is 6.34. The van der Waals surface area contributed by atoms with Gasteiger partial charge in [0.25, 0.3) is 0 Å². The normalized spacial score (nSPS) is 13.9. The summed E-state index contributed by atoms with van der Waals surface area (Å²) in [5.74, 6) is 1.09. The number of nitrogens with zero attached hydrogens (tertiary/aromatic N) is 2. The van der Waals surface area contributed by atoms with Crippen LogP contribution in [0.4, 0.5) is 4.79 Å². The number of para-hydroxylation sites is 1. The zero-order valence-electron chi connectivity index (χ0n) is 21.0. The van der Waals surface area contributed by atoms with E-state index in [1.165, 1.54) is 12.0 Å². The molecule has 0 fully saturated rings. The lowest BCUT2D eigenvalue weighted by Gasteiger charge is -2.18. The van der Waals surface area contributed by atoms with Gasteiger partial charge in [0.2, 0.25) is 0 Å². The molecule has 0 bridgehead atoms. The molecule has 0 atom stereocenters. The van der Waals surface area contributed by atoms with E-state index in [0.29, 0.717) is 18.9 Å². The molecule has 0 radical (unpaired) electrons. The predicted octanol–water partition coefficient (Wildman–Crippen LogP) is 8.46. The molecule has 1 aliphatic rings. The smallest absolute Gasteiger partial charge is 0.420 e. The number of carbonyl (C=O) groups is 1. The van der Waals surface area contributed by atoms with Gasteiger partial charge in [0.05, 0.1) is 24.4 Å². The van der Waals surface area contributed by atoms with Crippen LogP contribution in [0.15, 0.2) is 54.6 Å². The molecule has 0 N–H and O–H groups in total. The quantitative estimate of drug-likeness (QED) is 0.210. The molecular formula is C30H31IN2O3. The van der Waals surface area contributed by atoms with E-state index < -0.39 is 0 Å². The zero-order chi connectivity index (χ0) is 25.2. The average molecular weight is 594 g/mol. The highest BCUT2D eigenvalue weighted by molar-refractivity contribution is 14.1. The molecular weight excluding hydrogens is 563 g/mol. The first kappa shape index (κ1) is 24.8. The average Bonchev–Trinajstić information content (AvgIpc) is 3.22. The van der Waals surface area contributed by atoms with Crippen LogP contribution in [0.1, 0.15) is 52.1 Å². The van der Waals surface area contributed by atoms with Gasteiger partial charge in [-0.15, -0.1) is 0 Å². The predicted molar refractivity (Wildman–Crippen MR) is 155 cm³/mol. The van der Waals surface area contributed by atoms with Crippen LogP contribution in [0.3, 0.4) is 0 Å². The van der Waals surface area contributed by atoms with Crippen molar-refractivity contribution in [3.05, 3.63) is 63.9 Å². The fraction of sp³-hybridized carbons (Fsp3) is 0.333. The van der Waals surface area contributed by atoms with E-state index in [4.69, 9.17) is 14.5 Å². The molecule has 6 heteroatoms. The number of pyridine rings is 1. The van der Waals surface area contributed by atoms with Crippen LogP contribution >= 0.6 is 22.6 Å². The van der Waals surface area contributed by atoms with Crippen molar-refractivity contribution in [1.82, 2.24) is 9.55 Å². The summed E-state index contributed by atoms with van der Waals surface area (Å²) in [7, 11) is 0. The summed E-state index contributed by atoms with van der Waals surface area (Å²) in [5, 5.41) is 1.97. The number of carbonyl (C=O) groups excluding carboxylic acids is 1. The van der Waals surface area contributed by atoms with E-state index in [1.54, 1.807) is 4.57 Å². The van der Waals surface area contributed by atoms with Crippen LogP contribution in [0.25, 0.3) is 38.6 Å². The molecule has 0 saturated heterocycles. The van der Waals surface area contributed by atoms with Gasteiger partial charge in [-0.2, -0.15) is 0 Å². The molecule has 186 valence electrons. The fourth-order valence-electron chi connectivity index (χ4n) is 4.87. The number of halogens is 1. The maximum absolute atomic E-state index is 13.4. The number of rotatable bonds is 6. The highest BCUT2D eigenvalue weighted by Gasteiger charge is 2.26. The lowest BCUT2D eigenvalue weighted by Crippen LogP contribution is -2.17. The van der Waals surface area contributed by atoms with E-state index >= 15 is 0 Å². The van der Waals surface area contributed by atoms with Crippen molar-refractivity contribution in [2.45, 2.75) is 46.5 Å². The minimum Gasteiger partial charge on any atom is -0.494 e. The Bertz CT molecular complexity index is 1450. The number of aromatic nitrogens is 2. The third kappa shape index (κ3) is 4.63. The molecule has 0 saturated carbocycles. The van der Waals surface area contributed by atoms with Gasteiger partial charge in [-0.3, -0.25) is 0 Å². The third-order valence-corrected chi connectivity index (χ3v) is 7.57. The Kier molecular flexibility index (Phi) is 7.32. The fourth-order valence-corrected chi connectivity index (χ4v) is 5.92. The molecule has 5 nitrogen and oxygen atoms in total. The lowest BCUT2D eigenvalue weighted by atomic mass is 9.93. The Labute approximate surface area is 225 Å². The van der Waals surface area contributed by atoms with Crippen molar-refractivity contribution in [1.29, 1.82) is 0 Å². The number of ether oxygens (including phenoxy) is 2. The van der Waals surface area contributed by atoms with Gasteiger partial charge in [-0.1, -0.05) is 50.3 Å². The molecule has 2 aromatic heterocycles. The highest BCUT2D eigenvalue weighted by Crippen LogP contribution is 2.42. The number of hydrogen-bond acceptors (Lipinski definition) is 4. The van der Waals surface area contributed by atoms with Crippen molar-refractivity contribution in [3.8, 4) is 16.9 Å². The van der Waals surface area contributed by atoms with E-state index in [0.717, 1.165) is 61.7 Å². The Morgan fingerprint density at radius 2 is 1.89 bits per heavy atom. The first-order chi connectivity index (χ1) is 17.5. The van der Waals surface area contributed by atoms with Crippen molar-refractivity contribution in [3.63, 3.8) is 0 Å². The Balaban J connectivity index is 1.83. The summed E-state index contributed by atoms with van der Waals surface area (Å²) in [6, 6.07) is 16.2. The Hall–Kier alpha value is -2.87. The summed E-state index contributed by atoms with van der Waals surface area (Å²) in [6.45, 7) is 7.05. The van der Waals surface area contributed by atoms with Crippen molar-refractivity contribution >= 4 is 56.2 Å². The first-order valence-electron chi connectivity index (χ1n) is 12.7. The molecule has 0 spiro atoms. The van der Waals surface area contributed by atoms with Crippen LogP contribution in [0, 0.1) is 9.49 Å². The van der Waals surface area contributed by atoms with Crippen LogP contribution in [-0.4, -0.2) is 28.9 Å². The second-order valence-corrected chi connectivity index (χ2v) is 10.7. The third-order valence-electron chi connectivity index (χ3n) is 6.52. The molecule has 1 aliphatic carbocycles. The van der Waals surface area contributed by atoms with Crippen LogP contribution in [0.5, 0.6) is 5.75 Å². The SMILES string of the molecule is CCOc1ccc(-c2c(I)c(C3=CCCCC3)nc3c2c2ccccc2n3C(=O)OCC(C)C)cc1. The summed E-state index contributed by atoms with van der Waals surface area (Å²) in [5.41, 5.74) is 5.85. The van der Waals surface area contributed by atoms with Gasteiger partial charge in [-0.05, 0) is 90.5 Å². The van der Waals surface area contributed by atoms with Gasteiger partial charge in [0, 0.05) is 19.9 Å². The van der Waals surface area contributed by atoms with Gasteiger partial charge in [0.1, 0.15) is 5.75 Å². The van der Waals surface area contributed by atoms with E-state index in [1.807, 2.05) is 51.1 Å². The largest absolute Gasteiger partial charge is 0.494 e. The van der Waals surface area contributed by atoms with Crippen molar-refractivity contribution < 1.29 is 14.3 Å². The van der Waals surface area contributed by atoms with Crippen LogP contribution in [-0.2, 0) is 4.74 Å². The molecule has 2 aromatic carbocycles. The van der Waals surface area contributed by atoms with Crippen LogP contribution in [0.2, 0.25) is 0 Å². The second kappa shape index (κ2) is 10.6. The maximum Gasteiger partial charge on any atom is 0.420 e. The monoisotopic (exact) mass is 594 g/mol. The van der Waals surface area contributed by atoms with E-state index in [2.05, 4.69) is 46.9 Å². The molecule has 5 rings (SSSR count). The summed E-state index contributed by atoms with van der Waals surface area (Å²) in [4.78, 5) is 18.6. The highest BCUT2D eigenvalue weighted by atomic mass is 127. The molecule has 0 amide bonds. The van der Waals surface area contributed by atoms with E-state index in [9.17, 15) is 4.79 Å². The molecule has 36 heavy (non-hydrogen) atoms. The molecule has 0 aliphatic heterocycles. The van der Waals surface area contributed by atoms with Crippen molar-refractivity contribution in [2.24, 2.45) is 5.92 Å². The number of allylic oxidation sites excluding steroid dienone is 2. The standard InChI is InChI=1S/C30H31IN2O3/c1-4-35-22-16-14-20(15-17-22)25-26-23-12-8-9-13-24(23)33(30(34)36-18-19(2)3)29(26)32-28(27(25)31)21-10-6-5-7-11-21/h8-10,12-17,19H,4-7,11,18H2,1-3H3. The molecule has 4 aromatic rings. The number of benzene rings is 2. The van der Waals surface area contributed by atoms with Crippen LogP contribution < -0.4 is 4.74 Å². The number of hydrogen-bond donors (Lipinski definition) is 0. The maximum atomic E-state index is 13.4. The summed E-state index contributed by atoms with van der Waals surface area (Å²) >= 11 is 2.44. The second-order valence-electron chi connectivity index (χ2n) is 9.60. The van der Waals surface area contributed by atoms with Gasteiger partial charge in [0.15, 0.2) is 5.65 Å². The van der Waals surface area contributed by atoms with Crippen molar-refractivity contribution in [2.75, 3.05) is 13.2 Å². The Morgan fingerprint density at radius 3 is 2.58 bits per heavy atom. The minimum atomic E-state index is -0.384. The first-order valence-corrected chi connectivity index (χ1v) is 13.8. The van der Waals surface area contributed by atoms with E-state index in [-0.39, 0.29) is 12.0 Å². The minimum absolute atomic E-state index is 0.248. The number of fused-ring (bicyclic) bond motifs is 3. The summed E-state index contributed by atoms with van der Waals surface area (Å²) < 4.78 is 14.2. The lowest BCUT2D eigenvalue weighted by molar-refractivity contribution is 0.136. The van der Waals surface area contributed by atoms with Gasteiger partial charge in [-0.25, -0.2) is 14.3 Å². The molecule has 2 heterocycles. The topological polar surface area (TPSA) is 53.4 Å². The van der Waals surface area contributed by atoms with Gasteiger partial charge < -0.3 is 9.47 Å². The van der Waals surface area contributed by atoms with Gasteiger partial charge >= 0.3 is 6.09 Å². The zero-order valence-corrected chi connectivity index (χ0v) is 23.2. The molecule has 0 unspecified atom stereocenters. The Morgan fingerprint density at radius 1 is 1.11 bits per heavy atom.